The molecule has 4 rings (SSSR count). The number of rotatable bonds is 3. The molecule has 0 amide bonds. The van der Waals surface area contributed by atoms with E-state index < -0.39 is 17.7 Å². The Hall–Kier alpha value is -3.49. The highest BCUT2D eigenvalue weighted by Crippen LogP contribution is 2.39. The number of fused-ring (bicyclic) bond motifs is 2. The fourth-order valence-electron chi connectivity index (χ4n) is 3.01. The van der Waals surface area contributed by atoms with E-state index in [4.69, 9.17) is 9.47 Å². The Labute approximate surface area is 156 Å². The molecule has 0 bridgehead atoms. The Kier molecular flexibility index (Phi) is 4.21. The summed E-state index contributed by atoms with van der Waals surface area (Å²) in [7, 11) is 0. The zero-order valence-electron chi connectivity index (χ0n) is 14.2. The van der Waals surface area contributed by atoms with Crippen LogP contribution in [-0.4, -0.2) is 24.2 Å². The molecule has 6 nitrogen and oxygen atoms in total. The van der Waals surface area contributed by atoms with Gasteiger partial charge in [0.25, 0.3) is 0 Å². The molecule has 1 aliphatic rings. The van der Waals surface area contributed by atoms with Gasteiger partial charge < -0.3 is 24.7 Å². The van der Waals surface area contributed by atoms with Gasteiger partial charge in [-0.15, -0.1) is 0 Å². The summed E-state index contributed by atoms with van der Waals surface area (Å²) in [5.41, 5.74) is -1.31. The van der Waals surface area contributed by atoms with Crippen LogP contribution in [0.4, 0.5) is 24.5 Å². The monoisotopic (exact) mass is 389 g/mol. The molecule has 0 saturated heterocycles. The van der Waals surface area contributed by atoms with Crippen LogP contribution in [0.1, 0.15) is 15.9 Å². The first-order valence-electron chi connectivity index (χ1n) is 8.21. The number of pyridine rings is 1. The van der Waals surface area contributed by atoms with Crippen molar-refractivity contribution in [1.82, 2.24) is 4.98 Å². The maximum Gasteiger partial charge on any atom is 0.418 e. The fraction of sp³-hybridized carbons (Fsp3) is 0.158. The van der Waals surface area contributed by atoms with E-state index in [-0.39, 0.29) is 22.2 Å². The van der Waals surface area contributed by atoms with Crippen molar-refractivity contribution < 1.29 is 32.5 Å². The number of alkyl halides is 3. The lowest BCUT2D eigenvalue weighted by Gasteiger charge is -2.21. The summed E-state index contributed by atoms with van der Waals surface area (Å²) in [4.78, 5) is 15.2. The van der Waals surface area contributed by atoms with Crippen LogP contribution in [0.3, 0.4) is 0 Å². The van der Waals surface area contributed by atoms with Gasteiger partial charge in [0, 0.05) is 28.9 Å². The van der Waals surface area contributed by atoms with Crippen molar-refractivity contribution in [3.63, 3.8) is 0 Å². The minimum absolute atomic E-state index is 0.00594. The standard InChI is InChI=1S/C19H13F3N2O4/c20-19(21,22)13-3-1-2-11-16(12(18(25)26)9-23-17(11)13)24-10-4-5-14-15(8-10)28-7-6-27-14/h1-5,8-9H,6-7H2,(H,23,24)(H,25,26)/p-1. The third-order valence-corrected chi connectivity index (χ3v) is 4.23. The number of carbonyl (C=O) groups excluding carboxylic acids is 1. The zero-order valence-corrected chi connectivity index (χ0v) is 14.2. The highest BCUT2D eigenvalue weighted by molar-refractivity contribution is 6.05. The molecule has 0 unspecified atom stereocenters. The minimum Gasteiger partial charge on any atom is -0.545 e. The molecular weight excluding hydrogens is 377 g/mol. The number of anilines is 2. The number of hydrogen-bond acceptors (Lipinski definition) is 6. The summed E-state index contributed by atoms with van der Waals surface area (Å²) in [6, 6.07) is 8.26. The number of halogens is 3. The van der Waals surface area contributed by atoms with Crippen LogP contribution in [0.5, 0.6) is 11.5 Å². The molecule has 3 aromatic rings. The first-order chi connectivity index (χ1) is 13.3. The number of aromatic nitrogens is 1. The van der Waals surface area contributed by atoms with Gasteiger partial charge in [-0.2, -0.15) is 13.2 Å². The number of aromatic carboxylic acids is 1. The van der Waals surface area contributed by atoms with E-state index in [2.05, 4.69) is 10.3 Å². The number of carboxylic acid groups (broad SMARTS) is 1. The van der Waals surface area contributed by atoms with Gasteiger partial charge >= 0.3 is 6.18 Å². The first kappa shape index (κ1) is 17.9. The van der Waals surface area contributed by atoms with Crippen LogP contribution in [-0.2, 0) is 6.18 Å². The lowest BCUT2D eigenvalue weighted by atomic mass is 10.0. The van der Waals surface area contributed by atoms with E-state index in [0.29, 0.717) is 30.4 Å². The second-order valence-corrected chi connectivity index (χ2v) is 6.02. The number of benzene rings is 2. The van der Waals surface area contributed by atoms with E-state index >= 15 is 0 Å². The van der Waals surface area contributed by atoms with Gasteiger partial charge in [-0.25, -0.2) is 0 Å². The van der Waals surface area contributed by atoms with E-state index in [1.54, 1.807) is 18.2 Å². The lowest BCUT2D eigenvalue weighted by molar-refractivity contribution is -0.254. The number of nitrogens with one attached hydrogen (secondary N) is 1. The highest BCUT2D eigenvalue weighted by Gasteiger charge is 2.33. The Balaban J connectivity index is 1.87. The summed E-state index contributed by atoms with van der Waals surface area (Å²) in [5, 5.41) is 14.4. The minimum atomic E-state index is -4.64. The molecule has 1 N–H and O–H groups in total. The van der Waals surface area contributed by atoms with Crippen LogP contribution < -0.4 is 19.9 Å². The quantitative estimate of drug-likeness (QED) is 0.741. The van der Waals surface area contributed by atoms with Crippen molar-refractivity contribution in [1.29, 1.82) is 0 Å². The predicted octanol–water partition coefficient (Wildman–Crippen LogP) is 3.13. The van der Waals surface area contributed by atoms with Gasteiger partial charge in [-0.05, 0) is 18.2 Å². The maximum absolute atomic E-state index is 13.3. The summed E-state index contributed by atoms with van der Waals surface area (Å²) < 4.78 is 50.8. The number of para-hydroxylation sites is 1. The first-order valence-corrected chi connectivity index (χ1v) is 8.21. The number of hydrogen-bond donors (Lipinski definition) is 1. The van der Waals surface area contributed by atoms with E-state index in [0.717, 1.165) is 12.3 Å². The van der Waals surface area contributed by atoms with Gasteiger partial charge in [-0.1, -0.05) is 12.1 Å². The Bertz CT molecular complexity index is 1080. The van der Waals surface area contributed by atoms with Crippen molar-refractivity contribution in [3.05, 3.63) is 53.7 Å². The molecule has 0 spiro atoms. The maximum atomic E-state index is 13.3. The molecule has 144 valence electrons. The molecule has 9 heteroatoms. The topological polar surface area (TPSA) is 83.5 Å². The van der Waals surface area contributed by atoms with E-state index in [1.165, 1.54) is 12.1 Å². The Morgan fingerprint density at radius 1 is 1.11 bits per heavy atom. The molecular formula is C19H12F3N2O4-. The van der Waals surface area contributed by atoms with Crippen molar-refractivity contribution in [2.24, 2.45) is 0 Å². The summed E-state index contributed by atoms with van der Waals surface area (Å²) in [5.74, 6) is -0.594. The molecule has 1 aliphatic heterocycles. The Morgan fingerprint density at radius 3 is 2.57 bits per heavy atom. The van der Waals surface area contributed by atoms with Crippen LogP contribution >= 0.6 is 0 Å². The third kappa shape index (κ3) is 3.15. The van der Waals surface area contributed by atoms with Crippen molar-refractivity contribution in [2.45, 2.75) is 6.18 Å². The van der Waals surface area contributed by atoms with Crippen LogP contribution in [0.2, 0.25) is 0 Å². The summed E-state index contributed by atoms with van der Waals surface area (Å²) in [6.45, 7) is 0.762. The van der Waals surface area contributed by atoms with Gasteiger partial charge in [-0.3, -0.25) is 4.98 Å². The van der Waals surface area contributed by atoms with Crippen LogP contribution in [0.25, 0.3) is 10.9 Å². The van der Waals surface area contributed by atoms with Gasteiger partial charge in [0.1, 0.15) is 13.2 Å². The highest BCUT2D eigenvalue weighted by atomic mass is 19.4. The molecule has 0 saturated carbocycles. The number of carbonyl (C=O) groups is 1. The normalized spacial score (nSPS) is 13.4. The molecule has 28 heavy (non-hydrogen) atoms. The van der Waals surface area contributed by atoms with Crippen LogP contribution in [0.15, 0.2) is 42.6 Å². The molecule has 0 aliphatic carbocycles. The predicted molar refractivity (Wildman–Crippen MR) is 91.8 cm³/mol. The molecule has 0 atom stereocenters. The SMILES string of the molecule is O=C([O-])c1cnc2c(C(F)(F)F)cccc2c1Nc1ccc2c(c1)OCCO2. The average Bonchev–Trinajstić information content (AvgIpc) is 2.66. The number of nitrogens with zero attached hydrogens (tertiary/aromatic N) is 1. The molecule has 0 radical (unpaired) electrons. The second-order valence-electron chi connectivity index (χ2n) is 6.02. The second kappa shape index (κ2) is 6.59. The van der Waals surface area contributed by atoms with E-state index in [9.17, 15) is 23.1 Å². The number of ether oxygens (including phenoxy) is 2. The summed E-state index contributed by atoms with van der Waals surface area (Å²) >= 11 is 0. The average molecular weight is 389 g/mol. The van der Waals surface area contributed by atoms with Crippen molar-refractivity contribution in [2.75, 3.05) is 18.5 Å². The van der Waals surface area contributed by atoms with Gasteiger partial charge in [0.05, 0.1) is 22.7 Å². The molecule has 1 aromatic heterocycles. The molecule has 0 fully saturated rings. The van der Waals surface area contributed by atoms with Crippen molar-refractivity contribution >= 4 is 28.2 Å². The Morgan fingerprint density at radius 2 is 1.86 bits per heavy atom. The van der Waals surface area contributed by atoms with Gasteiger partial charge in [0.2, 0.25) is 0 Å². The van der Waals surface area contributed by atoms with Crippen molar-refractivity contribution in [3.8, 4) is 11.5 Å². The number of carboxylic acids is 1. The smallest absolute Gasteiger partial charge is 0.418 e. The largest absolute Gasteiger partial charge is 0.545 e. The third-order valence-electron chi connectivity index (χ3n) is 4.23. The molecule has 2 heterocycles. The zero-order chi connectivity index (χ0) is 19.9. The van der Waals surface area contributed by atoms with E-state index in [1.807, 2.05) is 0 Å². The molecule has 2 aromatic carbocycles. The fourth-order valence-corrected chi connectivity index (χ4v) is 3.01. The lowest BCUT2D eigenvalue weighted by Crippen LogP contribution is -2.24. The summed E-state index contributed by atoms with van der Waals surface area (Å²) in [6.07, 6.45) is -3.78. The van der Waals surface area contributed by atoms with Crippen LogP contribution in [0, 0.1) is 0 Å². The van der Waals surface area contributed by atoms with Gasteiger partial charge in [0.15, 0.2) is 11.5 Å².